The van der Waals surface area contributed by atoms with E-state index in [1.807, 2.05) is 0 Å². The summed E-state index contributed by atoms with van der Waals surface area (Å²) < 4.78 is 5.33. The van der Waals surface area contributed by atoms with Gasteiger partial charge in [-0.1, -0.05) is 19.3 Å². The third-order valence-electron chi connectivity index (χ3n) is 5.65. The smallest absolute Gasteiger partial charge is 0.331 e. The zero-order valence-electron chi connectivity index (χ0n) is 16.1. The van der Waals surface area contributed by atoms with Gasteiger partial charge in [-0.25, -0.2) is 4.79 Å². The quantitative estimate of drug-likeness (QED) is 0.426. The molecule has 2 heterocycles. The van der Waals surface area contributed by atoms with Crippen molar-refractivity contribution in [2.24, 2.45) is 10.9 Å². The van der Waals surface area contributed by atoms with E-state index in [1.54, 1.807) is 6.92 Å². The summed E-state index contributed by atoms with van der Waals surface area (Å²) in [5.41, 5.74) is 0.493. The number of urea groups is 1. The molecule has 2 saturated heterocycles. The fraction of sp³-hybridized carbons (Fsp3) is 0.789. The van der Waals surface area contributed by atoms with Gasteiger partial charge >= 0.3 is 6.03 Å². The maximum absolute atomic E-state index is 12.9. The molecule has 0 bridgehead atoms. The first-order chi connectivity index (χ1) is 13.1. The Bertz CT molecular complexity index is 595. The number of aliphatic imine (C=N–C) groups is 1. The lowest BCUT2D eigenvalue weighted by atomic mass is 9.91. The zero-order chi connectivity index (χ0) is 19.2. The number of carbonyl (C=O) groups excluding carboxylic acids is 3. The highest BCUT2D eigenvalue weighted by Gasteiger charge is 2.44. The summed E-state index contributed by atoms with van der Waals surface area (Å²) >= 11 is 0. The molecule has 27 heavy (non-hydrogen) atoms. The van der Waals surface area contributed by atoms with Crippen molar-refractivity contribution >= 4 is 23.6 Å². The number of rotatable bonds is 6. The third-order valence-corrected chi connectivity index (χ3v) is 5.65. The van der Waals surface area contributed by atoms with Crippen LogP contribution in [0.2, 0.25) is 0 Å². The number of nitrogens with zero attached hydrogens (tertiary/aromatic N) is 3. The van der Waals surface area contributed by atoms with Crippen LogP contribution in [0.1, 0.15) is 45.4 Å². The molecule has 8 nitrogen and oxygen atoms in total. The van der Waals surface area contributed by atoms with Gasteiger partial charge < -0.3 is 4.74 Å². The van der Waals surface area contributed by atoms with Crippen molar-refractivity contribution in [1.82, 2.24) is 15.1 Å². The number of hydrogen-bond donors (Lipinski definition) is 1. The molecule has 2 aliphatic heterocycles. The molecule has 0 spiro atoms. The van der Waals surface area contributed by atoms with E-state index in [2.05, 4.69) is 15.2 Å². The van der Waals surface area contributed by atoms with Crippen LogP contribution < -0.4 is 5.32 Å². The second-order valence-electron chi connectivity index (χ2n) is 7.56. The lowest BCUT2D eigenvalue weighted by Gasteiger charge is -2.37. The van der Waals surface area contributed by atoms with Gasteiger partial charge in [-0.05, 0) is 26.2 Å². The molecule has 3 aliphatic rings. The molecule has 0 aromatic carbocycles. The monoisotopic (exact) mass is 378 g/mol. The first kappa shape index (κ1) is 19.9. The Morgan fingerprint density at radius 2 is 1.85 bits per heavy atom. The molecule has 0 aromatic rings. The maximum atomic E-state index is 12.9. The van der Waals surface area contributed by atoms with Crippen LogP contribution in [0, 0.1) is 5.92 Å². The third kappa shape index (κ3) is 4.93. The zero-order valence-corrected chi connectivity index (χ0v) is 16.1. The van der Waals surface area contributed by atoms with Crippen molar-refractivity contribution in [2.75, 3.05) is 39.4 Å². The van der Waals surface area contributed by atoms with Crippen LogP contribution in [0.5, 0.6) is 0 Å². The lowest BCUT2D eigenvalue weighted by molar-refractivity contribution is -0.141. The first-order valence-corrected chi connectivity index (χ1v) is 10.1. The average Bonchev–Trinajstić information content (AvgIpc) is 2.66. The van der Waals surface area contributed by atoms with Gasteiger partial charge in [0.25, 0.3) is 0 Å². The fourth-order valence-corrected chi connectivity index (χ4v) is 4.11. The standard InChI is InChI=1S/C19H30N4O4/c1-14(20-8-5-9-22-10-12-27-13-11-22)16-17(24)21-19(26)23(18(16)25)15-6-3-2-4-7-15/h15-16H,2-13H2,1H3,(H,21,24,26). The second-order valence-corrected chi connectivity index (χ2v) is 7.56. The van der Waals surface area contributed by atoms with Crippen LogP contribution in [-0.4, -0.2) is 78.8 Å². The van der Waals surface area contributed by atoms with Gasteiger partial charge in [-0.3, -0.25) is 29.7 Å². The number of ether oxygens (including phenoxy) is 1. The van der Waals surface area contributed by atoms with Crippen molar-refractivity contribution in [1.29, 1.82) is 0 Å². The molecular formula is C19H30N4O4. The SMILES string of the molecule is CC(=NCCCN1CCOCC1)C1C(=O)NC(=O)N(C2CCCCC2)C1=O. The van der Waals surface area contributed by atoms with Crippen LogP contribution in [0.25, 0.3) is 0 Å². The normalized spacial score (nSPS) is 26.4. The number of morpholine rings is 1. The number of hydrogen-bond acceptors (Lipinski definition) is 6. The minimum Gasteiger partial charge on any atom is -0.379 e. The molecule has 0 radical (unpaired) electrons. The van der Waals surface area contributed by atoms with E-state index in [-0.39, 0.29) is 6.04 Å². The van der Waals surface area contributed by atoms with E-state index in [1.165, 1.54) is 4.90 Å². The van der Waals surface area contributed by atoms with Gasteiger partial charge in [0.1, 0.15) is 0 Å². The lowest BCUT2D eigenvalue weighted by Crippen LogP contribution is -2.62. The summed E-state index contributed by atoms with van der Waals surface area (Å²) in [5, 5.41) is 2.35. The molecule has 1 aliphatic carbocycles. The van der Waals surface area contributed by atoms with E-state index < -0.39 is 23.8 Å². The molecule has 150 valence electrons. The highest BCUT2D eigenvalue weighted by Crippen LogP contribution is 2.26. The maximum Gasteiger partial charge on any atom is 0.331 e. The van der Waals surface area contributed by atoms with Crippen molar-refractivity contribution in [3.63, 3.8) is 0 Å². The number of carbonyl (C=O) groups is 3. The molecule has 3 rings (SSSR count). The molecule has 8 heteroatoms. The Morgan fingerprint density at radius 3 is 2.56 bits per heavy atom. The molecule has 0 aromatic heterocycles. The van der Waals surface area contributed by atoms with E-state index >= 15 is 0 Å². The van der Waals surface area contributed by atoms with Crippen molar-refractivity contribution < 1.29 is 19.1 Å². The predicted octanol–water partition coefficient (Wildman–Crippen LogP) is 1.20. The highest BCUT2D eigenvalue weighted by atomic mass is 16.5. The molecule has 1 N–H and O–H groups in total. The summed E-state index contributed by atoms with van der Waals surface area (Å²) in [7, 11) is 0. The molecule has 3 fully saturated rings. The minimum absolute atomic E-state index is 0.101. The van der Waals surface area contributed by atoms with Crippen molar-refractivity contribution in [3.05, 3.63) is 0 Å². The Kier molecular flexibility index (Phi) is 6.95. The Morgan fingerprint density at radius 1 is 1.15 bits per heavy atom. The van der Waals surface area contributed by atoms with Crippen molar-refractivity contribution in [3.8, 4) is 0 Å². The molecule has 4 amide bonds. The number of amides is 4. The molecule has 1 saturated carbocycles. The Balaban J connectivity index is 1.57. The second kappa shape index (κ2) is 9.41. The van der Waals surface area contributed by atoms with Gasteiger partial charge in [0.05, 0.1) is 13.2 Å². The largest absolute Gasteiger partial charge is 0.379 e. The van der Waals surface area contributed by atoms with E-state index in [0.717, 1.165) is 71.4 Å². The summed E-state index contributed by atoms with van der Waals surface area (Å²) in [5.74, 6) is -1.94. The van der Waals surface area contributed by atoms with Crippen molar-refractivity contribution in [2.45, 2.75) is 51.5 Å². The van der Waals surface area contributed by atoms with Crippen LogP contribution in [0.4, 0.5) is 4.79 Å². The minimum atomic E-state index is -0.979. The van der Waals surface area contributed by atoms with E-state index in [0.29, 0.717) is 12.3 Å². The summed E-state index contributed by atoms with van der Waals surface area (Å²) in [4.78, 5) is 45.5. The summed E-state index contributed by atoms with van der Waals surface area (Å²) in [6.07, 6.45) is 5.65. The number of barbiturate groups is 1. The Hall–Kier alpha value is -1.80. The highest BCUT2D eigenvalue weighted by molar-refractivity contribution is 6.27. The fourth-order valence-electron chi connectivity index (χ4n) is 4.11. The van der Waals surface area contributed by atoms with E-state index in [4.69, 9.17) is 4.74 Å². The Labute approximate surface area is 160 Å². The van der Waals surface area contributed by atoms with Crippen LogP contribution >= 0.6 is 0 Å². The first-order valence-electron chi connectivity index (χ1n) is 10.1. The number of nitrogens with one attached hydrogen (secondary N) is 1. The van der Waals surface area contributed by atoms with Gasteiger partial charge in [0, 0.05) is 37.9 Å². The summed E-state index contributed by atoms with van der Waals surface area (Å²) in [6.45, 7) is 6.62. The van der Waals surface area contributed by atoms with E-state index in [9.17, 15) is 14.4 Å². The van der Waals surface area contributed by atoms with Crippen LogP contribution in [0.15, 0.2) is 4.99 Å². The number of imide groups is 2. The van der Waals surface area contributed by atoms with Crippen LogP contribution in [0.3, 0.4) is 0 Å². The predicted molar refractivity (Wildman–Crippen MR) is 101 cm³/mol. The summed E-state index contributed by atoms with van der Waals surface area (Å²) in [6, 6.07) is -0.677. The van der Waals surface area contributed by atoms with Crippen LogP contribution in [-0.2, 0) is 14.3 Å². The molecular weight excluding hydrogens is 348 g/mol. The average molecular weight is 378 g/mol. The van der Waals surface area contributed by atoms with Gasteiger partial charge in [0.15, 0.2) is 5.92 Å². The molecule has 1 unspecified atom stereocenters. The topological polar surface area (TPSA) is 91.3 Å². The molecule has 1 atom stereocenters. The van der Waals surface area contributed by atoms with Gasteiger partial charge in [-0.15, -0.1) is 0 Å². The van der Waals surface area contributed by atoms with Gasteiger partial charge in [-0.2, -0.15) is 0 Å². The van der Waals surface area contributed by atoms with Gasteiger partial charge in [0.2, 0.25) is 11.8 Å².